The van der Waals surface area contributed by atoms with Crippen LogP contribution in [0.25, 0.3) is 11.1 Å². The molecule has 0 radical (unpaired) electrons. The molecule has 3 heterocycles. The van der Waals surface area contributed by atoms with Crippen molar-refractivity contribution in [3.63, 3.8) is 0 Å². The summed E-state index contributed by atoms with van der Waals surface area (Å²) >= 11 is 0. The molecule has 1 unspecified atom stereocenters. The number of nitrogens with one attached hydrogen (secondary N) is 1. The van der Waals surface area contributed by atoms with Crippen molar-refractivity contribution in [1.82, 2.24) is 20.0 Å². The molecule has 2 aliphatic rings. The summed E-state index contributed by atoms with van der Waals surface area (Å²) in [6.07, 6.45) is 9.53. The summed E-state index contributed by atoms with van der Waals surface area (Å²) in [5, 5.41) is 8.06. The molecule has 0 saturated carbocycles. The van der Waals surface area contributed by atoms with E-state index in [0.29, 0.717) is 0 Å². The van der Waals surface area contributed by atoms with E-state index in [1.807, 2.05) is 17.9 Å². The van der Waals surface area contributed by atoms with Crippen LogP contribution >= 0.6 is 12.4 Å². The van der Waals surface area contributed by atoms with Crippen LogP contribution in [0, 0.1) is 12.8 Å². The fourth-order valence-electron chi connectivity index (χ4n) is 4.53. The third-order valence-corrected chi connectivity index (χ3v) is 5.97. The number of piperidine rings is 1. The number of hydrogen-bond donors (Lipinski definition) is 1. The summed E-state index contributed by atoms with van der Waals surface area (Å²) in [5.41, 5.74) is 5.31. The van der Waals surface area contributed by atoms with Gasteiger partial charge in [0.25, 0.3) is 0 Å². The number of benzene rings is 1. The minimum absolute atomic E-state index is 0. The van der Waals surface area contributed by atoms with Crippen LogP contribution in [0.3, 0.4) is 0 Å². The van der Waals surface area contributed by atoms with Crippen molar-refractivity contribution >= 4 is 12.4 Å². The molecule has 1 N–H and O–H groups in total. The molecule has 4 nitrogen and oxygen atoms in total. The third-order valence-electron chi connectivity index (χ3n) is 5.97. The molecule has 2 aromatic rings. The quantitative estimate of drug-likeness (QED) is 0.884. The zero-order chi connectivity index (χ0) is 17.2. The number of aryl methyl sites for hydroxylation is 2. The Morgan fingerprint density at radius 3 is 2.65 bits per heavy atom. The predicted molar refractivity (Wildman–Crippen MR) is 110 cm³/mol. The van der Waals surface area contributed by atoms with Gasteiger partial charge in [0.2, 0.25) is 0 Å². The van der Waals surface area contributed by atoms with E-state index < -0.39 is 0 Å². The molecule has 1 aromatic heterocycles. The molecule has 2 fully saturated rings. The maximum absolute atomic E-state index is 4.36. The van der Waals surface area contributed by atoms with E-state index in [1.165, 1.54) is 67.6 Å². The van der Waals surface area contributed by atoms with Crippen LogP contribution in [-0.4, -0.2) is 40.4 Å². The van der Waals surface area contributed by atoms with Crippen LogP contribution in [-0.2, 0) is 13.6 Å². The van der Waals surface area contributed by atoms with E-state index in [-0.39, 0.29) is 12.4 Å². The average molecular weight is 375 g/mol. The van der Waals surface area contributed by atoms with Crippen LogP contribution in [0.15, 0.2) is 30.6 Å². The lowest BCUT2D eigenvalue weighted by Gasteiger charge is -2.35. The number of nitrogens with zero attached hydrogens (tertiary/aromatic N) is 3. The maximum Gasteiger partial charge on any atom is 0.0568 e. The fourth-order valence-corrected chi connectivity index (χ4v) is 4.53. The molecule has 1 aromatic carbocycles. The molecule has 2 aliphatic heterocycles. The van der Waals surface area contributed by atoms with Gasteiger partial charge in [-0.25, -0.2) is 0 Å². The fraction of sp³-hybridized carbons (Fsp3) is 0.571. The van der Waals surface area contributed by atoms with Crippen LogP contribution in [0.4, 0.5) is 0 Å². The van der Waals surface area contributed by atoms with Crippen molar-refractivity contribution in [2.75, 3.05) is 19.6 Å². The molecule has 4 rings (SSSR count). The van der Waals surface area contributed by atoms with Gasteiger partial charge < -0.3 is 5.32 Å². The summed E-state index contributed by atoms with van der Waals surface area (Å²) in [6.45, 7) is 6.90. The molecule has 26 heavy (non-hydrogen) atoms. The summed E-state index contributed by atoms with van der Waals surface area (Å²) in [5.74, 6) is 0.884. The van der Waals surface area contributed by atoms with Gasteiger partial charge >= 0.3 is 0 Å². The normalized spacial score (nSPS) is 21.7. The van der Waals surface area contributed by atoms with Gasteiger partial charge in [0.05, 0.1) is 6.20 Å². The Morgan fingerprint density at radius 2 is 2.00 bits per heavy atom. The third kappa shape index (κ3) is 4.30. The van der Waals surface area contributed by atoms with Crippen LogP contribution in [0.5, 0.6) is 0 Å². The second-order valence-corrected chi connectivity index (χ2v) is 7.88. The number of likely N-dealkylation sites (tertiary alicyclic amines) is 1. The van der Waals surface area contributed by atoms with E-state index in [9.17, 15) is 0 Å². The SMILES string of the molecule is Cc1ccc(CN2CCC(C3CCCN3)CC2)c(-c2cnn(C)c2)c1.Cl. The van der Waals surface area contributed by atoms with Gasteiger partial charge in [0.15, 0.2) is 0 Å². The van der Waals surface area contributed by atoms with Gasteiger partial charge in [0.1, 0.15) is 0 Å². The molecule has 1 atom stereocenters. The number of rotatable bonds is 4. The maximum atomic E-state index is 4.36. The van der Waals surface area contributed by atoms with Gasteiger partial charge in [0, 0.05) is 31.4 Å². The van der Waals surface area contributed by atoms with Gasteiger partial charge in [-0.2, -0.15) is 5.10 Å². The Morgan fingerprint density at radius 1 is 1.19 bits per heavy atom. The first-order valence-electron chi connectivity index (χ1n) is 9.73. The molecule has 0 amide bonds. The Labute approximate surface area is 163 Å². The van der Waals surface area contributed by atoms with E-state index in [0.717, 1.165) is 18.5 Å². The average Bonchev–Trinajstić information content (AvgIpc) is 3.29. The summed E-state index contributed by atoms with van der Waals surface area (Å²) in [7, 11) is 1.99. The van der Waals surface area contributed by atoms with Gasteiger partial charge in [-0.15, -0.1) is 12.4 Å². The van der Waals surface area contributed by atoms with Gasteiger partial charge in [-0.3, -0.25) is 9.58 Å². The molecular formula is C21H31ClN4. The standard InChI is InChI=1S/C21H30N4.ClH/c1-16-5-6-18(20(12-16)19-13-23-24(2)14-19)15-25-10-7-17(8-11-25)21-4-3-9-22-21;/h5-6,12-14,17,21-22H,3-4,7-11,15H2,1-2H3;1H. The number of halogens is 1. The van der Waals surface area contributed by atoms with Crippen LogP contribution in [0.2, 0.25) is 0 Å². The van der Waals surface area contributed by atoms with E-state index in [1.54, 1.807) is 0 Å². The largest absolute Gasteiger partial charge is 0.314 e. The highest BCUT2D eigenvalue weighted by Gasteiger charge is 2.28. The summed E-state index contributed by atoms with van der Waals surface area (Å²) in [6, 6.07) is 7.64. The lowest BCUT2D eigenvalue weighted by Crippen LogP contribution is -2.40. The van der Waals surface area contributed by atoms with E-state index >= 15 is 0 Å². The first-order valence-corrected chi connectivity index (χ1v) is 9.73. The van der Waals surface area contributed by atoms with E-state index in [2.05, 4.69) is 46.6 Å². The first kappa shape index (κ1) is 19.4. The smallest absolute Gasteiger partial charge is 0.0568 e. The van der Waals surface area contributed by atoms with Crippen molar-refractivity contribution in [1.29, 1.82) is 0 Å². The Kier molecular flexibility index (Phi) is 6.38. The monoisotopic (exact) mass is 374 g/mol. The zero-order valence-corrected chi connectivity index (χ0v) is 16.8. The Balaban J connectivity index is 0.00000196. The minimum Gasteiger partial charge on any atom is -0.314 e. The molecule has 142 valence electrons. The molecular weight excluding hydrogens is 344 g/mol. The van der Waals surface area contributed by atoms with Crippen LogP contribution in [0.1, 0.15) is 36.8 Å². The second-order valence-electron chi connectivity index (χ2n) is 7.88. The minimum atomic E-state index is 0. The predicted octanol–water partition coefficient (Wildman–Crippen LogP) is 3.78. The van der Waals surface area contributed by atoms with Gasteiger partial charge in [-0.05, 0) is 69.3 Å². The molecule has 5 heteroatoms. The Hall–Kier alpha value is -1.36. The number of aromatic nitrogens is 2. The lowest BCUT2D eigenvalue weighted by atomic mass is 9.88. The molecule has 0 spiro atoms. The molecule has 0 bridgehead atoms. The van der Waals surface area contributed by atoms with Gasteiger partial charge in [-0.1, -0.05) is 23.8 Å². The van der Waals surface area contributed by atoms with Crippen molar-refractivity contribution < 1.29 is 0 Å². The topological polar surface area (TPSA) is 33.1 Å². The zero-order valence-electron chi connectivity index (χ0n) is 15.9. The highest BCUT2D eigenvalue weighted by atomic mass is 35.5. The van der Waals surface area contributed by atoms with E-state index in [4.69, 9.17) is 0 Å². The highest BCUT2D eigenvalue weighted by molar-refractivity contribution is 5.85. The molecule has 2 saturated heterocycles. The summed E-state index contributed by atoms with van der Waals surface area (Å²) < 4.78 is 1.89. The van der Waals surface area contributed by atoms with Crippen molar-refractivity contribution in [2.45, 2.75) is 45.2 Å². The van der Waals surface area contributed by atoms with Crippen molar-refractivity contribution in [3.8, 4) is 11.1 Å². The summed E-state index contributed by atoms with van der Waals surface area (Å²) in [4.78, 5) is 2.63. The number of hydrogen-bond acceptors (Lipinski definition) is 3. The Bertz CT molecular complexity index is 713. The highest BCUT2D eigenvalue weighted by Crippen LogP contribution is 2.29. The van der Waals surface area contributed by atoms with Crippen molar-refractivity contribution in [3.05, 3.63) is 41.7 Å². The first-order chi connectivity index (χ1) is 12.2. The lowest BCUT2D eigenvalue weighted by molar-refractivity contribution is 0.157. The van der Waals surface area contributed by atoms with Crippen molar-refractivity contribution in [2.24, 2.45) is 13.0 Å². The van der Waals surface area contributed by atoms with Crippen LogP contribution < -0.4 is 5.32 Å². The molecule has 0 aliphatic carbocycles. The second kappa shape index (κ2) is 8.55.